The van der Waals surface area contributed by atoms with Crippen molar-refractivity contribution >= 4 is 0 Å². The molecule has 4 saturated heterocycles. The van der Waals surface area contributed by atoms with E-state index in [9.17, 15) is 25.6 Å². The molecule has 12 nitrogen and oxygen atoms in total. The van der Waals surface area contributed by atoms with Gasteiger partial charge >= 0.3 is 0 Å². The lowest BCUT2D eigenvalue weighted by molar-refractivity contribution is -1.11. The van der Waals surface area contributed by atoms with E-state index < -0.39 is 17.8 Å². The second kappa shape index (κ2) is 14.1. The van der Waals surface area contributed by atoms with Crippen LogP contribution in [0.2, 0.25) is 0 Å². The number of likely N-dealkylation sites (tertiary alicyclic amines) is 1. The second-order valence-corrected chi connectivity index (χ2v) is 13.0. The van der Waals surface area contributed by atoms with Gasteiger partial charge in [-0.3, -0.25) is 14.7 Å². The minimum Gasteiger partial charge on any atom is -0.390 e. The molecular weight excluding hydrogens is 506 g/mol. The van der Waals surface area contributed by atoms with Crippen LogP contribution in [-0.4, -0.2) is 205 Å². The number of piperazine rings is 1. The normalized spacial score (nSPS) is 34.0. The molecule has 4 rings (SSSR count). The van der Waals surface area contributed by atoms with E-state index in [1.807, 2.05) is 0 Å². The summed E-state index contributed by atoms with van der Waals surface area (Å²) < 4.78 is 11.3. The number of ether oxygens (including phenoxy) is 2. The minimum atomic E-state index is -0.996. The summed E-state index contributed by atoms with van der Waals surface area (Å²) >= 11 is 0. The van der Waals surface area contributed by atoms with Gasteiger partial charge in [-0.25, -0.2) is 5.21 Å². The number of β-amino-alcohol motifs (C(OH)–C–C–N with tert-alkyl or cyclic N) is 2. The first-order chi connectivity index (χ1) is 18.5. The zero-order valence-corrected chi connectivity index (χ0v) is 24.1. The standard InChI is InChI=1S/C27H55N5O7/c1-31(12-4-28(5-13-31)19-25(34)20-29-6-14-38-15-7-29)22-24(33)18-27(36)2-10-32(37,11-3-27)23-26(35)21-30-8-16-39-17-9-30/h24-26,33-37H,2-23H2,1H3/q+2. The van der Waals surface area contributed by atoms with Gasteiger partial charge in [0.25, 0.3) is 0 Å². The fourth-order valence-corrected chi connectivity index (χ4v) is 6.79. The molecule has 0 aliphatic carbocycles. The van der Waals surface area contributed by atoms with Gasteiger partial charge < -0.3 is 34.4 Å². The number of quaternary nitrogens is 2. The Morgan fingerprint density at radius 2 is 1.13 bits per heavy atom. The van der Waals surface area contributed by atoms with Crippen LogP contribution < -0.4 is 0 Å². The number of rotatable bonds is 12. The summed E-state index contributed by atoms with van der Waals surface area (Å²) in [6.07, 6.45) is -0.507. The van der Waals surface area contributed by atoms with Crippen LogP contribution in [0, 0.1) is 0 Å². The number of hydrogen-bond acceptors (Lipinski definition) is 10. The van der Waals surface area contributed by atoms with Crippen molar-refractivity contribution in [3.8, 4) is 0 Å². The third-order valence-electron chi connectivity index (χ3n) is 9.33. The SMILES string of the molecule is C[N+]1(CC(O)CC2(O)CC[N+](O)(CC(O)CN3CCOCC3)CC2)CCN(CC(O)CN2CCOCC2)CC1. The van der Waals surface area contributed by atoms with E-state index in [2.05, 4.69) is 21.7 Å². The Bertz CT molecular complexity index is 721. The van der Waals surface area contributed by atoms with Gasteiger partial charge in [0, 0.05) is 78.2 Å². The van der Waals surface area contributed by atoms with Gasteiger partial charge in [-0.1, -0.05) is 0 Å². The van der Waals surface area contributed by atoms with E-state index in [1.54, 1.807) is 0 Å². The zero-order chi connectivity index (χ0) is 27.9. The molecule has 0 aromatic carbocycles. The minimum absolute atomic E-state index is 0.231. The molecule has 0 radical (unpaired) electrons. The monoisotopic (exact) mass is 561 g/mol. The quantitative estimate of drug-likeness (QED) is 0.165. The lowest BCUT2D eigenvalue weighted by atomic mass is 9.85. The molecule has 0 spiro atoms. The Morgan fingerprint density at radius 3 is 1.64 bits per heavy atom. The Kier molecular flexibility index (Phi) is 11.4. The Hall–Kier alpha value is -0.480. The molecule has 3 unspecified atom stereocenters. The van der Waals surface area contributed by atoms with Crippen molar-refractivity contribution in [1.82, 2.24) is 14.7 Å². The van der Waals surface area contributed by atoms with Crippen molar-refractivity contribution in [1.29, 1.82) is 0 Å². The van der Waals surface area contributed by atoms with Crippen LogP contribution in [0.15, 0.2) is 0 Å². The van der Waals surface area contributed by atoms with Crippen molar-refractivity contribution < 1.29 is 44.2 Å². The van der Waals surface area contributed by atoms with Gasteiger partial charge in [0.05, 0.1) is 58.3 Å². The highest BCUT2D eigenvalue weighted by atomic mass is 16.5. The molecule has 39 heavy (non-hydrogen) atoms. The van der Waals surface area contributed by atoms with Crippen molar-refractivity contribution in [3.05, 3.63) is 0 Å². The largest absolute Gasteiger partial charge is 0.390 e. The average Bonchev–Trinajstić information content (AvgIpc) is 2.88. The van der Waals surface area contributed by atoms with Crippen LogP contribution >= 0.6 is 0 Å². The number of hydrogen-bond donors (Lipinski definition) is 5. The summed E-state index contributed by atoms with van der Waals surface area (Å²) in [7, 11) is 2.17. The maximum absolute atomic E-state index is 11.2. The topological polar surface area (TPSA) is 129 Å². The van der Waals surface area contributed by atoms with E-state index in [0.29, 0.717) is 71.7 Å². The summed E-state index contributed by atoms with van der Waals surface area (Å²) in [6.45, 7) is 13.2. The number of piperidine rings is 1. The van der Waals surface area contributed by atoms with Crippen molar-refractivity contribution in [2.75, 3.05) is 132 Å². The van der Waals surface area contributed by atoms with E-state index in [1.165, 1.54) is 0 Å². The Morgan fingerprint density at radius 1 is 0.667 bits per heavy atom. The van der Waals surface area contributed by atoms with Crippen molar-refractivity contribution in [2.45, 2.75) is 43.2 Å². The van der Waals surface area contributed by atoms with E-state index in [4.69, 9.17) is 9.47 Å². The molecule has 5 N–H and O–H groups in total. The van der Waals surface area contributed by atoms with Gasteiger partial charge in [0.2, 0.25) is 0 Å². The number of hydroxylamine groups is 3. The highest BCUT2D eigenvalue weighted by molar-refractivity contribution is 4.85. The number of aliphatic hydroxyl groups excluding tert-OH is 3. The van der Waals surface area contributed by atoms with Gasteiger partial charge in [0.1, 0.15) is 38.4 Å². The lowest BCUT2D eigenvalue weighted by Crippen LogP contribution is -2.62. The molecule has 228 valence electrons. The fraction of sp³-hybridized carbons (Fsp3) is 1.00. The van der Waals surface area contributed by atoms with Crippen molar-refractivity contribution in [2.24, 2.45) is 0 Å². The molecular formula is C27H55N5O7+2. The Labute approximate surface area is 234 Å². The molecule has 4 heterocycles. The summed E-state index contributed by atoms with van der Waals surface area (Å²) in [5.41, 5.74) is -0.996. The number of morpholine rings is 2. The fourth-order valence-electron chi connectivity index (χ4n) is 6.79. The predicted molar refractivity (Wildman–Crippen MR) is 145 cm³/mol. The van der Waals surface area contributed by atoms with E-state index >= 15 is 0 Å². The first-order valence-electron chi connectivity index (χ1n) is 15.1. The van der Waals surface area contributed by atoms with Gasteiger partial charge in [-0.05, 0) is 0 Å². The van der Waals surface area contributed by atoms with Gasteiger partial charge in [-0.2, -0.15) is 4.65 Å². The van der Waals surface area contributed by atoms with Crippen LogP contribution in [-0.2, 0) is 9.47 Å². The summed E-state index contributed by atoms with van der Waals surface area (Å²) in [5.74, 6) is 0. The highest BCUT2D eigenvalue weighted by Crippen LogP contribution is 2.31. The van der Waals surface area contributed by atoms with Crippen LogP contribution in [0.1, 0.15) is 19.3 Å². The smallest absolute Gasteiger partial charge is 0.136 e. The average molecular weight is 562 g/mol. The number of nitrogens with zero attached hydrogens (tertiary/aromatic N) is 5. The summed E-state index contributed by atoms with van der Waals surface area (Å²) in [6, 6.07) is 0. The second-order valence-electron chi connectivity index (χ2n) is 13.0. The first-order valence-corrected chi connectivity index (χ1v) is 15.1. The summed E-state index contributed by atoms with van der Waals surface area (Å²) in [4.78, 5) is 6.74. The van der Waals surface area contributed by atoms with Crippen LogP contribution in [0.5, 0.6) is 0 Å². The van der Waals surface area contributed by atoms with Gasteiger partial charge in [0.15, 0.2) is 0 Å². The third-order valence-corrected chi connectivity index (χ3v) is 9.33. The molecule has 0 amide bonds. The van der Waals surface area contributed by atoms with Crippen LogP contribution in [0.25, 0.3) is 0 Å². The highest BCUT2D eigenvalue weighted by Gasteiger charge is 2.44. The number of likely N-dealkylation sites (N-methyl/N-ethyl adjacent to an activating group) is 1. The molecule has 4 fully saturated rings. The lowest BCUT2D eigenvalue weighted by Gasteiger charge is -2.45. The van der Waals surface area contributed by atoms with E-state index in [-0.39, 0.29) is 17.3 Å². The first kappa shape index (κ1) is 31.5. The molecule has 4 aliphatic heterocycles. The molecule has 0 aromatic heterocycles. The summed E-state index contributed by atoms with van der Waals surface area (Å²) in [5, 5.41) is 54.4. The molecule has 4 aliphatic rings. The molecule has 12 heteroatoms. The van der Waals surface area contributed by atoms with Crippen LogP contribution in [0.3, 0.4) is 0 Å². The molecule has 0 saturated carbocycles. The van der Waals surface area contributed by atoms with E-state index in [0.717, 1.165) is 70.1 Å². The van der Waals surface area contributed by atoms with Crippen LogP contribution in [0.4, 0.5) is 0 Å². The Balaban J connectivity index is 1.14. The molecule has 3 atom stereocenters. The molecule has 0 bridgehead atoms. The van der Waals surface area contributed by atoms with Crippen molar-refractivity contribution in [3.63, 3.8) is 0 Å². The maximum Gasteiger partial charge on any atom is 0.136 e. The van der Waals surface area contributed by atoms with Gasteiger partial charge in [-0.15, -0.1) is 0 Å². The zero-order valence-electron chi connectivity index (χ0n) is 24.1. The third kappa shape index (κ3) is 10.1. The predicted octanol–water partition coefficient (Wildman–Crippen LogP) is -2.38. The molecule has 0 aromatic rings. The number of aliphatic hydroxyl groups is 4. The maximum atomic E-state index is 11.2.